The number of amides is 1. The minimum Gasteiger partial charge on any atom is -0.319 e. The van der Waals surface area contributed by atoms with E-state index in [2.05, 4.69) is 20.5 Å². The van der Waals surface area contributed by atoms with E-state index in [-0.39, 0.29) is 11.7 Å². The third-order valence-electron chi connectivity index (χ3n) is 2.25. The highest BCUT2D eigenvalue weighted by molar-refractivity contribution is 6.01. The predicted octanol–water partition coefficient (Wildman–Crippen LogP) is 2.01. The molecule has 0 aliphatic rings. The number of carbonyl (C=O) groups excluding carboxylic acids is 1. The lowest BCUT2D eigenvalue weighted by Gasteiger charge is -2.00. The Morgan fingerprint density at radius 3 is 2.82 bits per heavy atom. The predicted molar refractivity (Wildman–Crippen MR) is 64.8 cm³/mol. The summed E-state index contributed by atoms with van der Waals surface area (Å²) in [7, 11) is 0. The minimum atomic E-state index is -0.296. The number of rotatable bonds is 4. The van der Waals surface area contributed by atoms with Gasteiger partial charge in [0.2, 0.25) is 5.82 Å². The van der Waals surface area contributed by atoms with Crippen molar-refractivity contribution in [1.29, 1.82) is 0 Å². The molecule has 17 heavy (non-hydrogen) atoms. The van der Waals surface area contributed by atoms with Gasteiger partial charge in [-0.3, -0.25) is 9.89 Å². The van der Waals surface area contributed by atoms with Crippen LogP contribution in [0.4, 0.5) is 5.69 Å². The Morgan fingerprint density at radius 1 is 1.35 bits per heavy atom. The quantitative estimate of drug-likeness (QED) is 0.844. The van der Waals surface area contributed by atoms with Crippen LogP contribution < -0.4 is 5.32 Å². The van der Waals surface area contributed by atoms with Crippen LogP contribution in [-0.4, -0.2) is 21.1 Å². The number of aryl methyl sites for hydroxylation is 1. The van der Waals surface area contributed by atoms with Crippen molar-refractivity contribution >= 4 is 11.6 Å². The van der Waals surface area contributed by atoms with Crippen molar-refractivity contribution < 1.29 is 4.79 Å². The first-order valence-electron chi connectivity index (χ1n) is 5.57. The smallest absolute Gasteiger partial charge is 0.295 e. The lowest BCUT2D eigenvalue weighted by atomic mass is 10.3. The van der Waals surface area contributed by atoms with E-state index in [1.807, 2.05) is 37.3 Å². The van der Waals surface area contributed by atoms with Gasteiger partial charge in [-0.2, -0.15) is 0 Å². The van der Waals surface area contributed by atoms with Gasteiger partial charge in [-0.1, -0.05) is 25.1 Å². The van der Waals surface area contributed by atoms with Crippen LogP contribution in [0.3, 0.4) is 0 Å². The van der Waals surface area contributed by atoms with Crippen molar-refractivity contribution in [1.82, 2.24) is 15.2 Å². The summed E-state index contributed by atoms with van der Waals surface area (Å²) in [4.78, 5) is 15.9. The molecule has 2 rings (SSSR count). The Bertz CT molecular complexity index is 492. The van der Waals surface area contributed by atoms with Crippen LogP contribution in [-0.2, 0) is 6.42 Å². The molecule has 1 aromatic carbocycles. The number of H-pyrrole nitrogens is 1. The number of nitrogens with zero attached hydrogens (tertiary/aromatic N) is 2. The topological polar surface area (TPSA) is 70.7 Å². The van der Waals surface area contributed by atoms with E-state index in [1.165, 1.54) is 0 Å². The second kappa shape index (κ2) is 5.25. The highest BCUT2D eigenvalue weighted by Gasteiger charge is 2.11. The summed E-state index contributed by atoms with van der Waals surface area (Å²) in [5.41, 5.74) is 0.736. The summed E-state index contributed by atoms with van der Waals surface area (Å²) in [5.74, 6) is 0.623. The molecule has 1 amide bonds. The zero-order valence-corrected chi connectivity index (χ0v) is 9.60. The molecule has 0 bridgehead atoms. The van der Waals surface area contributed by atoms with Crippen LogP contribution in [0.25, 0.3) is 0 Å². The van der Waals surface area contributed by atoms with Crippen LogP contribution in [0.5, 0.6) is 0 Å². The van der Waals surface area contributed by atoms with E-state index < -0.39 is 0 Å². The monoisotopic (exact) mass is 230 g/mol. The fourth-order valence-corrected chi connectivity index (χ4v) is 1.45. The number of para-hydroxylation sites is 1. The fraction of sp³-hybridized carbons (Fsp3) is 0.250. The second-order valence-corrected chi connectivity index (χ2v) is 3.68. The average molecular weight is 230 g/mol. The molecular weight excluding hydrogens is 216 g/mol. The van der Waals surface area contributed by atoms with Crippen molar-refractivity contribution in [3.63, 3.8) is 0 Å². The van der Waals surface area contributed by atoms with Crippen LogP contribution in [0.2, 0.25) is 0 Å². The SMILES string of the molecule is CCCc1nc(C(=O)Nc2ccccc2)n[nH]1. The van der Waals surface area contributed by atoms with E-state index in [4.69, 9.17) is 0 Å². The summed E-state index contributed by atoms with van der Waals surface area (Å²) < 4.78 is 0. The van der Waals surface area contributed by atoms with Gasteiger partial charge in [0.1, 0.15) is 5.82 Å². The van der Waals surface area contributed by atoms with E-state index >= 15 is 0 Å². The fourth-order valence-electron chi connectivity index (χ4n) is 1.45. The van der Waals surface area contributed by atoms with Crippen molar-refractivity contribution in [3.8, 4) is 0 Å². The number of aromatic nitrogens is 3. The van der Waals surface area contributed by atoms with Gasteiger partial charge < -0.3 is 5.32 Å². The second-order valence-electron chi connectivity index (χ2n) is 3.68. The maximum Gasteiger partial charge on any atom is 0.295 e. The number of anilines is 1. The Morgan fingerprint density at radius 2 is 2.12 bits per heavy atom. The zero-order chi connectivity index (χ0) is 12.1. The van der Waals surface area contributed by atoms with Gasteiger partial charge in [0, 0.05) is 12.1 Å². The number of carbonyl (C=O) groups is 1. The van der Waals surface area contributed by atoms with E-state index in [0.717, 1.165) is 24.4 Å². The molecule has 5 nitrogen and oxygen atoms in total. The van der Waals surface area contributed by atoms with Crippen LogP contribution >= 0.6 is 0 Å². The maximum absolute atomic E-state index is 11.8. The van der Waals surface area contributed by atoms with Crippen molar-refractivity contribution in [2.75, 3.05) is 5.32 Å². The first-order chi connectivity index (χ1) is 8.29. The Hall–Kier alpha value is -2.17. The average Bonchev–Trinajstić information content (AvgIpc) is 2.79. The molecule has 0 unspecified atom stereocenters. The summed E-state index contributed by atoms with van der Waals surface area (Å²) in [6.07, 6.45) is 1.76. The van der Waals surface area contributed by atoms with Crippen LogP contribution in [0.1, 0.15) is 29.8 Å². The molecule has 1 heterocycles. The lowest BCUT2D eigenvalue weighted by Crippen LogP contribution is -2.13. The molecule has 0 atom stereocenters. The van der Waals surface area contributed by atoms with Crippen molar-refractivity contribution in [2.45, 2.75) is 19.8 Å². The van der Waals surface area contributed by atoms with E-state index in [9.17, 15) is 4.79 Å². The molecular formula is C12H14N4O. The van der Waals surface area contributed by atoms with Gasteiger partial charge in [-0.25, -0.2) is 4.98 Å². The number of nitrogens with one attached hydrogen (secondary N) is 2. The highest BCUT2D eigenvalue weighted by atomic mass is 16.2. The standard InChI is InChI=1S/C12H14N4O/c1-2-6-10-14-11(16-15-10)12(17)13-9-7-4-3-5-8-9/h3-5,7-8H,2,6H2,1H3,(H,13,17)(H,14,15,16). The molecule has 2 aromatic rings. The number of hydrogen-bond acceptors (Lipinski definition) is 3. The lowest BCUT2D eigenvalue weighted by molar-refractivity contribution is 0.101. The van der Waals surface area contributed by atoms with Gasteiger partial charge in [-0.15, -0.1) is 5.10 Å². The van der Waals surface area contributed by atoms with Gasteiger partial charge in [0.05, 0.1) is 0 Å². The molecule has 0 fully saturated rings. The van der Waals surface area contributed by atoms with Gasteiger partial charge >= 0.3 is 0 Å². The van der Waals surface area contributed by atoms with Crippen molar-refractivity contribution in [3.05, 3.63) is 42.0 Å². The molecule has 0 saturated carbocycles. The number of aromatic amines is 1. The molecule has 1 aromatic heterocycles. The normalized spacial score (nSPS) is 10.2. The molecule has 0 aliphatic carbocycles. The third kappa shape index (κ3) is 2.90. The summed E-state index contributed by atoms with van der Waals surface area (Å²) in [6, 6.07) is 9.24. The molecule has 0 radical (unpaired) electrons. The molecule has 0 aliphatic heterocycles. The Balaban J connectivity index is 2.04. The molecule has 2 N–H and O–H groups in total. The Labute approximate surface area is 99.3 Å². The maximum atomic E-state index is 11.8. The third-order valence-corrected chi connectivity index (χ3v) is 2.25. The van der Waals surface area contributed by atoms with Gasteiger partial charge in [-0.05, 0) is 18.6 Å². The molecule has 0 spiro atoms. The molecule has 0 saturated heterocycles. The van der Waals surface area contributed by atoms with Gasteiger partial charge in [0.15, 0.2) is 0 Å². The Kier molecular flexibility index (Phi) is 3.49. The first kappa shape index (κ1) is 11.3. The van der Waals surface area contributed by atoms with Gasteiger partial charge in [0.25, 0.3) is 5.91 Å². The summed E-state index contributed by atoms with van der Waals surface area (Å²) in [6.45, 7) is 2.05. The largest absolute Gasteiger partial charge is 0.319 e. The number of hydrogen-bond donors (Lipinski definition) is 2. The first-order valence-corrected chi connectivity index (χ1v) is 5.57. The highest BCUT2D eigenvalue weighted by Crippen LogP contribution is 2.06. The number of benzene rings is 1. The minimum absolute atomic E-state index is 0.178. The van der Waals surface area contributed by atoms with Crippen LogP contribution in [0.15, 0.2) is 30.3 Å². The van der Waals surface area contributed by atoms with Crippen LogP contribution in [0, 0.1) is 0 Å². The molecule has 5 heteroatoms. The van der Waals surface area contributed by atoms with Crippen molar-refractivity contribution in [2.24, 2.45) is 0 Å². The summed E-state index contributed by atoms with van der Waals surface area (Å²) in [5, 5.41) is 9.36. The van der Waals surface area contributed by atoms with E-state index in [0.29, 0.717) is 0 Å². The zero-order valence-electron chi connectivity index (χ0n) is 9.60. The summed E-state index contributed by atoms with van der Waals surface area (Å²) >= 11 is 0. The van der Waals surface area contributed by atoms with E-state index in [1.54, 1.807) is 0 Å². The molecule has 88 valence electrons.